The van der Waals surface area contributed by atoms with Gasteiger partial charge in [0, 0.05) is 56.6 Å². The van der Waals surface area contributed by atoms with Crippen molar-refractivity contribution >= 4 is 28.8 Å². The highest BCUT2D eigenvalue weighted by Gasteiger charge is 2.36. The maximum Gasteiger partial charge on any atom is 0.332 e. The lowest BCUT2D eigenvalue weighted by atomic mass is 10.1. The highest BCUT2D eigenvalue weighted by molar-refractivity contribution is 5.96. The quantitative estimate of drug-likeness (QED) is 0.492. The molecule has 192 valence electrons. The van der Waals surface area contributed by atoms with Gasteiger partial charge in [0.2, 0.25) is 11.9 Å². The zero-order valence-electron chi connectivity index (χ0n) is 20.7. The Hall–Kier alpha value is -4.15. The molecular weight excluding hydrogens is 474 g/mol. The van der Waals surface area contributed by atoms with Gasteiger partial charge in [-0.1, -0.05) is 30.3 Å². The number of amides is 1. The van der Waals surface area contributed by atoms with E-state index in [0.717, 1.165) is 36.1 Å². The molecule has 0 saturated carbocycles. The fourth-order valence-electron chi connectivity index (χ4n) is 5.62. The molecule has 3 aromatic rings. The number of aromatic nitrogens is 4. The second-order valence-corrected chi connectivity index (χ2v) is 9.89. The van der Waals surface area contributed by atoms with Crippen LogP contribution in [-0.2, 0) is 24.9 Å². The zero-order valence-corrected chi connectivity index (χ0v) is 20.7. The Balaban J connectivity index is 1.50. The molecule has 3 aliphatic heterocycles. The van der Waals surface area contributed by atoms with Crippen LogP contribution in [0.25, 0.3) is 11.2 Å². The van der Waals surface area contributed by atoms with E-state index in [1.807, 2.05) is 11.1 Å². The van der Waals surface area contributed by atoms with Crippen molar-refractivity contribution in [1.29, 1.82) is 0 Å². The van der Waals surface area contributed by atoms with E-state index in [1.54, 1.807) is 46.8 Å². The molecule has 1 aromatic carbocycles. The molecule has 1 N–H and O–H groups in total. The number of nitrogens with zero attached hydrogens (tertiary/aromatic N) is 6. The number of likely N-dealkylation sites (tertiary alicyclic amines) is 1. The van der Waals surface area contributed by atoms with Gasteiger partial charge in [-0.05, 0) is 19.3 Å². The molecule has 37 heavy (non-hydrogen) atoms. The Morgan fingerprint density at radius 3 is 2.54 bits per heavy atom. The summed E-state index contributed by atoms with van der Waals surface area (Å²) in [6, 6.07) is 8.57. The van der Waals surface area contributed by atoms with Crippen LogP contribution < -0.4 is 21.5 Å². The van der Waals surface area contributed by atoms with E-state index in [1.165, 1.54) is 4.57 Å². The maximum absolute atomic E-state index is 13.8. The lowest BCUT2D eigenvalue weighted by molar-refractivity contribution is -0.130. The van der Waals surface area contributed by atoms with Crippen LogP contribution in [-0.4, -0.2) is 61.5 Å². The number of aryl methyl sites for hydroxylation is 1. The molecule has 0 radical (unpaired) electrons. The molecule has 0 aliphatic carbocycles. The molecule has 3 aliphatic rings. The third-order valence-corrected chi connectivity index (χ3v) is 7.65. The van der Waals surface area contributed by atoms with E-state index in [9.17, 15) is 19.2 Å². The highest BCUT2D eigenvalue weighted by Crippen LogP contribution is 2.35. The summed E-state index contributed by atoms with van der Waals surface area (Å²) in [5, 5.41) is 3.27. The van der Waals surface area contributed by atoms with Gasteiger partial charge in [-0.25, -0.2) is 4.79 Å². The number of anilines is 1. The van der Waals surface area contributed by atoms with Gasteiger partial charge in [0.25, 0.3) is 5.56 Å². The number of ketones is 1. The summed E-state index contributed by atoms with van der Waals surface area (Å²) in [7, 11) is 1.54. The summed E-state index contributed by atoms with van der Waals surface area (Å²) in [5.74, 6) is 0.376. The molecule has 2 fully saturated rings. The van der Waals surface area contributed by atoms with Gasteiger partial charge in [0.15, 0.2) is 16.9 Å². The molecule has 6 rings (SSSR count). The minimum Gasteiger partial charge on any atom is -0.389 e. The predicted octanol–water partition coefficient (Wildman–Crippen LogP) is 0.673. The van der Waals surface area contributed by atoms with E-state index in [-0.39, 0.29) is 29.4 Å². The Bertz CT molecular complexity index is 1540. The molecule has 11 nitrogen and oxygen atoms in total. The van der Waals surface area contributed by atoms with Gasteiger partial charge in [-0.15, -0.1) is 0 Å². The number of imidazole rings is 1. The molecule has 1 atom stereocenters. The number of fused-ring (bicyclic) bond motifs is 2. The number of hydrogen-bond donors (Lipinski definition) is 1. The lowest BCUT2D eigenvalue weighted by Crippen LogP contribution is -2.41. The van der Waals surface area contributed by atoms with Gasteiger partial charge >= 0.3 is 5.69 Å². The van der Waals surface area contributed by atoms with E-state index >= 15 is 0 Å². The Kier molecular flexibility index (Phi) is 5.69. The number of benzene rings is 1. The number of Topliss-reactive ketones (excluding diaryl/α,β-unsaturated/α-hetero) is 1. The first-order valence-electron chi connectivity index (χ1n) is 12.7. The molecule has 1 unspecified atom stereocenters. The van der Waals surface area contributed by atoms with Crippen LogP contribution in [0.15, 0.2) is 51.8 Å². The fraction of sp³-hybridized carbons (Fsp3) is 0.423. The molecule has 5 heterocycles. The van der Waals surface area contributed by atoms with Crippen LogP contribution in [0, 0.1) is 5.92 Å². The van der Waals surface area contributed by atoms with Crippen molar-refractivity contribution in [3.05, 3.63) is 68.6 Å². The summed E-state index contributed by atoms with van der Waals surface area (Å²) >= 11 is 0. The average molecular weight is 504 g/mol. The molecule has 11 heteroatoms. The molecular formula is C26H29N7O4. The normalized spacial score (nSPS) is 18.8. The minimum absolute atomic E-state index is 0.0617. The van der Waals surface area contributed by atoms with E-state index in [2.05, 4.69) is 5.32 Å². The van der Waals surface area contributed by atoms with Crippen molar-refractivity contribution in [2.24, 2.45) is 13.0 Å². The van der Waals surface area contributed by atoms with Crippen LogP contribution in [0.1, 0.15) is 29.6 Å². The Morgan fingerprint density at radius 1 is 1.03 bits per heavy atom. The molecule has 0 bridgehead atoms. The largest absolute Gasteiger partial charge is 0.389 e. The number of nitrogens with one attached hydrogen (secondary N) is 1. The first kappa shape index (κ1) is 23.3. The predicted molar refractivity (Wildman–Crippen MR) is 137 cm³/mol. The van der Waals surface area contributed by atoms with Crippen LogP contribution in [0.5, 0.6) is 0 Å². The third kappa shape index (κ3) is 3.85. The van der Waals surface area contributed by atoms with Crippen molar-refractivity contribution in [2.75, 3.05) is 31.1 Å². The number of rotatable bonds is 6. The van der Waals surface area contributed by atoms with Gasteiger partial charge in [0.1, 0.15) is 6.54 Å². The second-order valence-electron chi connectivity index (χ2n) is 9.89. The van der Waals surface area contributed by atoms with E-state index in [0.29, 0.717) is 37.1 Å². The standard InChI is InChI=1S/C26H29N7O4/c1-29-23-22(24(36)33(26(29)37)15-20(34)17-7-3-2-4-8-17)32(16-21(35)30-10-5-6-11-30)25(28-23)31-12-9-18-13-27-14-19(18)31/h2-4,7-8,14,18,27H,5-6,9-13,15-16H2,1H3. The zero-order chi connectivity index (χ0) is 25.7. The van der Waals surface area contributed by atoms with Gasteiger partial charge in [-0.3, -0.25) is 28.1 Å². The first-order valence-corrected chi connectivity index (χ1v) is 12.7. The maximum atomic E-state index is 13.8. The van der Waals surface area contributed by atoms with Gasteiger partial charge in [-0.2, -0.15) is 4.98 Å². The average Bonchev–Trinajstić information content (AvgIpc) is 3.70. The minimum atomic E-state index is -0.621. The van der Waals surface area contributed by atoms with Crippen molar-refractivity contribution in [3.63, 3.8) is 0 Å². The number of hydrogen-bond acceptors (Lipinski definition) is 7. The third-order valence-electron chi connectivity index (χ3n) is 7.65. The van der Waals surface area contributed by atoms with E-state index in [4.69, 9.17) is 4.98 Å². The Morgan fingerprint density at radius 2 is 1.78 bits per heavy atom. The SMILES string of the molecule is Cn1c(=O)n(CC(=O)c2ccccc2)c(=O)c2c1nc(N1CCC3CNC=C31)n2CC(=O)N1CCCC1. The summed E-state index contributed by atoms with van der Waals surface area (Å²) in [5.41, 5.74) is 0.598. The van der Waals surface area contributed by atoms with E-state index < -0.39 is 17.8 Å². The van der Waals surface area contributed by atoms with Gasteiger partial charge in [0.05, 0.1) is 6.54 Å². The fourth-order valence-corrected chi connectivity index (χ4v) is 5.62. The first-order chi connectivity index (χ1) is 17.9. The smallest absolute Gasteiger partial charge is 0.332 e. The monoisotopic (exact) mass is 503 g/mol. The van der Waals surface area contributed by atoms with Crippen LogP contribution in [0.3, 0.4) is 0 Å². The van der Waals surface area contributed by atoms with Crippen LogP contribution in [0.4, 0.5) is 5.95 Å². The topological polar surface area (TPSA) is 114 Å². The summed E-state index contributed by atoms with van der Waals surface area (Å²) < 4.78 is 3.89. The second kappa shape index (κ2) is 9.06. The van der Waals surface area contributed by atoms with Crippen LogP contribution in [0.2, 0.25) is 0 Å². The van der Waals surface area contributed by atoms with Crippen LogP contribution >= 0.6 is 0 Å². The molecule has 2 aromatic heterocycles. The summed E-state index contributed by atoms with van der Waals surface area (Å²) in [4.78, 5) is 61.8. The van der Waals surface area contributed by atoms with Crippen molar-refractivity contribution < 1.29 is 9.59 Å². The Labute approximate surface area is 212 Å². The van der Waals surface area contributed by atoms with Crippen molar-refractivity contribution in [1.82, 2.24) is 28.9 Å². The molecule has 1 amide bonds. The van der Waals surface area contributed by atoms with Crippen molar-refractivity contribution in [2.45, 2.75) is 32.4 Å². The molecule has 0 spiro atoms. The summed E-state index contributed by atoms with van der Waals surface area (Å²) in [6.45, 7) is 2.46. The lowest BCUT2D eigenvalue weighted by Gasteiger charge is -2.22. The number of carbonyl (C=O) groups is 2. The van der Waals surface area contributed by atoms with Gasteiger partial charge < -0.3 is 15.1 Å². The van der Waals surface area contributed by atoms with Crippen molar-refractivity contribution in [3.8, 4) is 0 Å². The highest BCUT2D eigenvalue weighted by atomic mass is 16.2. The molecule has 2 saturated heterocycles. The summed E-state index contributed by atoms with van der Waals surface area (Å²) in [6.07, 6.45) is 4.80. The number of carbonyl (C=O) groups excluding carboxylic acids is 2.